The highest BCUT2D eigenvalue weighted by Crippen LogP contribution is 2.33. The van der Waals surface area contributed by atoms with Gasteiger partial charge in [0, 0.05) is 12.8 Å². The molecule has 0 atom stereocenters. The molecule has 0 aliphatic heterocycles. The zero-order valence-electron chi connectivity index (χ0n) is 6.60. The predicted octanol–water partition coefficient (Wildman–Crippen LogP) is 0.193. The van der Waals surface area contributed by atoms with E-state index in [1.54, 1.807) is 0 Å². The minimum atomic E-state index is -1.48. The molecule has 0 saturated heterocycles. The smallest absolute Gasteiger partial charge is 0.450 e. The molecule has 7 heteroatoms. The second kappa shape index (κ2) is 3.09. The third-order valence-electron chi connectivity index (χ3n) is 1.70. The van der Waals surface area contributed by atoms with Gasteiger partial charge in [0.2, 0.25) is 0 Å². The Morgan fingerprint density at radius 2 is 1.85 bits per heavy atom. The van der Waals surface area contributed by atoms with Crippen molar-refractivity contribution in [3.63, 3.8) is 0 Å². The molecule has 13 heavy (non-hydrogen) atoms. The topological polar surface area (TPSA) is 119 Å². The Labute approximate surface area is 73.0 Å². The van der Waals surface area contributed by atoms with Crippen molar-refractivity contribution in [1.29, 1.82) is 0 Å². The molecule has 0 radical (unpaired) electrons. The van der Waals surface area contributed by atoms with Crippen LogP contribution in [0.4, 0.5) is 9.59 Å². The van der Waals surface area contributed by atoms with E-state index in [-0.39, 0.29) is 12.8 Å². The number of carboxylic acid groups (broad SMARTS) is 2. The van der Waals surface area contributed by atoms with E-state index >= 15 is 0 Å². The van der Waals surface area contributed by atoms with E-state index in [2.05, 4.69) is 9.47 Å². The van der Waals surface area contributed by atoms with E-state index in [4.69, 9.17) is 15.9 Å². The summed E-state index contributed by atoms with van der Waals surface area (Å²) in [6, 6.07) is 0. The monoisotopic (exact) mass is 191 g/mol. The van der Waals surface area contributed by atoms with Crippen molar-refractivity contribution in [2.24, 2.45) is 5.73 Å². The molecule has 0 spiro atoms. The Bertz CT molecular complexity index is 233. The highest BCUT2D eigenvalue weighted by atomic mass is 16.7. The van der Waals surface area contributed by atoms with Gasteiger partial charge in [0.1, 0.15) is 6.10 Å². The maximum atomic E-state index is 10.1. The molecule has 0 aromatic heterocycles. The fourth-order valence-electron chi connectivity index (χ4n) is 1.19. The van der Waals surface area contributed by atoms with Crippen LogP contribution in [-0.4, -0.2) is 34.4 Å². The molecular formula is C6H9NO6. The lowest BCUT2D eigenvalue weighted by atomic mass is 9.85. The Kier molecular flexibility index (Phi) is 2.28. The Morgan fingerprint density at radius 3 is 2.23 bits per heavy atom. The molecule has 1 fully saturated rings. The van der Waals surface area contributed by atoms with Crippen LogP contribution in [0.3, 0.4) is 0 Å². The molecule has 4 N–H and O–H groups in total. The van der Waals surface area contributed by atoms with Crippen LogP contribution in [0.25, 0.3) is 0 Å². The fraction of sp³-hybridized carbons (Fsp3) is 0.667. The summed E-state index contributed by atoms with van der Waals surface area (Å²) in [6.45, 7) is 0. The van der Waals surface area contributed by atoms with Crippen molar-refractivity contribution >= 4 is 12.3 Å². The van der Waals surface area contributed by atoms with Gasteiger partial charge in [-0.25, -0.2) is 9.59 Å². The number of rotatable bonds is 2. The van der Waals surface area contributed by atoms with Crippen LogP contribution in [-0.2, 0) is 9.47 Å². The number of carbonyl (C=O) groups is 2. The molecule has 0 amide bonds. The third-order valence-corrected chi connectivity index (χ3v) is 1.70. The minimum Gasteiger partial charge on any atom is -0.450 e. The number of ether oxygens (including phenoxy) is 2. The van der Waals surface area contributed by atoms with Gasteiger partial charge in [-0.2, -0.15) is 0 Å². The van der Waals surface area contributed by atoms with Crippen molar-refractivity contribution in [3.8, 4) is 0 Å². The van der Waals surface area contributed by atoms with Crippen molar-refractivity contribution in [1.82, 2.24) is 0 Å². The van der Waals surface area contributed by atoms with Crippen LogP contribution in [0.1, 0.15) is 12.8 Å². The summed E-state index contributed by atoms with van der Waals surface area (Å²) in [5.74, 6) is 0. The van der Waals surface area contributed by atoms with Gasteiger partial charge in [-0.05, 0) is 0 Å². The van der Waals surface area contributed by atoms with Crippen LogP contribution < -0.4 is 5.73 Å². The Balaban J connectivity index is 2.30. The SMILES string of the molecule is NC1(OC(=O)O)CC(OC(=O)O)C1. The van der Waals surface area contributed by atoms with Crippen molar-refractivity contribution < 1.29 is 29.3 Å². The van der Waals surface area contributed by atoms with E-state index in [9.17, 15) is 9.59 Å². The van der Waals surface area contributed by atoms with Gasteiger partial charge in [-0.15, -0.1) is 0 Å². The molecule has 7 nitrogen and oxygen atoms in total. The second-order valence-corrected chi connectivity index (χ2v) is 2.85. The molecule has 0 heterocycles. The van der Waals surface area contributed by atoms with E-state index in [1.165, 1.54) is 0 Å². The minimum absolute atomic E-state index is 0.0611. The van der Waals surface area contributed by atoms with Crippen LogP contribution in [0.15, 0.2) is 0 Å². The number of hydrogen-bond donors (Lipinski definition) is 3. The van der Waals surface area contributed by atoms with Gasteiger partial charge < -0.3 is 19.7 Å². The maximum Gasteiger partial charge on any atom is 0.507 e. The predicted molar refractivity (Wildman–Crippen MR) is 38.2 cm³/mol. The van der Waals surface area contributed by atoms with E-state index < -0.39 is 24.1 Å². The molecule has 1 saturated carbocycles. The first kappa shape index (κ1) is 9.59. The Hall–Kier alpha value is -1.50. The van der Waals surface area contributed by atoms with E-state index in [1.807, 2.05) is 0 Å². The lowest BCUT2D eigenvalue weighted by Crippen LogP contribution is -2.58. The Morgan fingerprint density at radius 1 is 1.31 bits per heavy atom. The van der Waals surface area contributed by atoms with Gasteiger partial charge in [-0.1, -0.05) is 0 Å². The number of hydrogen-bond acceptors (Lipinski definition) is 5. The van der Waals surface area contributed by atoms with E-state index in [0.717, 1.165) is 0 Å². The molecule has 0 aromatic carbocycles. The fourth-order valence-corrected chi connectivity index (χ4v) is 1.19. The van der Waals surface area contributed by atoms with Gasteiger partial charge in [0.25, 0.3) is 0 Å². The maximum absolute atomic E-state index is 10.1. The lowest BCUT2D eigenvalue weighted by Gasteiger charge is -2.41. The largest absolute Gasteiger partial charge is 0.507 e. The standard InChI is InChI=1S/C6H9NO6/c7-6(13-5(10)11)1-3(2-6)12-4(8)9/h3H,1-2,7H2,(H,8,9)(H,10,11). The second-order valence-electron chi connectivity index (χ2n) is 2.85. The average molecular weight is 191 g/mol. The van der Waals surface area contributed by atoms with Crippen molar-refractivity contribution in [2.75, 3.05) is 0 Å². The first-order chi connectivity index (χ1) is 5.91. The number of nitrogens with two attached hydrogens (primary N) is 1. The summed E-state index contributed by atoms with van der Waals surface area (Å²) in [4.78, 5) is 20.1. The van der Waals surface area contributed by atoms with Gasteiger partial charge in [-0.3, -0.25) is 5.73 Å². The molecule has 74 valence electrons. The summed E-state index contributed by atoms with van der Waals surface area (Å²) < 4.78 is 8.63. The van der Waals surface area contributed by atoms with Crippen LogP contribution in [0, 0.1) is 0 Å². The zero-order valence-corrected chi connectivity index (χ0v) is 6.60. The molecule has 1 aliphatic carbocycles. The van der Waals surface area contributed by atoms with Crippen LogP contribution in [0.2, 0.25) is 0 Å². The summed E-state index contributed by atoms with van der Waals surface area (Å²) in [5.41, 5.74) is 4.11. The highest BCUT2D eigenvalue weighted by Gasteiger charge is 2.47. The van der Waals surface area contributed by atoms with E-state index in [0.29, 0.717) is 0 Å². The van der Waals surface area contributed by atoms with Gasteiger partial charge in [0.15, 0.2) is 5.72 Å². The first-order valence-electron chi connectivity index (χ1n) is 3.52. The summed E-state index contributed by atoms with van der Waals surface area (Å²) in [7, 11) is 0. The van der Waals surface area contributed by atoms with Gasteiger partial charge >= 0.3 is 12.3 Å². The van der Waals surface area contributed by atoms with Gasteiger partial charge in [0.05, 0.1) is 0 Å². The summed E-state index contributed by atoms with van der Waals surface area (Å²) in [5, 5.41) is 16.4. The quantitative estimate of drug-likeness (QED) is 0.421. The summed E-state index contributed by atoms with van der Waals surface area (Å²) in [6.07, 6.45) is -3.32. The third kappa shape index (κ3) is 2.48. The molecule has 1 rings (SSSR count). The molecule has 0 unspecified atom stereocenters. The van der Waals surface area contributed by atoms with Crippen LogP contribution >= 0.6 is 0 Å². The summed E-state index contributed by atoms with van der Waals surface area (Å²) >= 11 is 0. The van der Waals surface area contributed by atoms with Crippen LogP contribution in [0.5, 0.6) is 0 Å². The highest BCUT2D eigenvalue weighted by molar-refractivity contribution is 5.58. The zero-order chi connectivity index (χ0) is 10.1. The molecule has 0 aromatic rings. The molecular weight excluding hydrogens is 182 g/mol. The normalized spacial score (nSPS) is 31.6. The lowest BCUT2D eigenvalue weighted by molar-refractivity contribution is -0.131. The first-order valence-corrected chi connectivity index (χ1v) is 3.52. The molecule has 0 bridgehead atoms. The van der Waals surface area contributed by atoms with Crippen molar-refractivity contribution in [2.45, 2.75) is 24.7 Å². The van der Waals surface area contributed by atoms with Crippen molar-refractivity contribution in [3.05, 3.63) is 0 Å². The molecule has 1 aliphatic rings. The average Bonchev–Trinajstić information content (AvgIpc) is 1.79.